The fraction of sp³-hybridized carbons (Fsp3) is 0.312. The van der Waals surface area contributed by atoms with Crippen molar-refractivity contribution in [2.24, 2.45) is 0 Å². The van der Waals surface area contributed by atoms with Gasteiger partial charge in [0.1, 0.15) is 6.07 Å². The van der Waals surface area contributed by atoms with Crippen molar-refractivity contribution in [3.05, 3.63) is 46.7 Å². The van der Waals surface area contributed by atoms with Crippen molar-refractivity contribution < 1.29 is 4.79 Å². The third kappa shape index (κ3) is 3.12. The zero-order valence-electron chi connectivity index (χ0n) is 12.6. The Morgan fingerprint density at radius 3 is 2.59 bits per heavy atom. The highest BCUT2D eigenvalue weighted by Gasteiger charge is 2.22. The Bertz CT molecular complexity index is 700. The van der Waals surface area contributed by atoms with Crippen LogP contribution in [-0.4, -0.2) is 33.7 Å². The molecule has 2 aromatic rings. The molecule has 0 aliphatic rings. The summed E-state index contributed by atoms with van der Waals surface area (Å²) in [5.74, 6) is -0.166. The van der Waals surface area contributed by atoms with Crippen LogP contribution in [0, 0.1) is 11.3 Å². The second kappa shape index (κ2) is 7.10. The van der Waals surface area contributed by atoms with E-state index in [0.29, 0.717) is 29.4 Å². The summed E-state index contributed by atoms with van der Waals surface area (Å²) in [6.45, 7) is 5.19. The Morgan fingerprint density at radius 2 is 2.05 bits per heavy atom. The van der Waals surface area contributed by atoms with Gasteiger partial charge < -0.3 is 4.90 Å². The number of halogens is 1. The number of nitrogens with zero attached hydrogens (tertiary/aromatic N) is 4. The molecule has 0 aliphatic carbocycles. The molecule has 1 aromatic heterocycles. The van der Waals surface area contributed by atoms with Crippen molar-refractivity contribution in [2.75, 3.05) is 13.1 Å². The molecule has 0 N–H and O–H groups in total. The van der Waals surface area contributed by atoms with Gasteiger partial charge in [0.25, 0.3) is 5.91 Å². The predicted molar refractivity (Wildman–Crippen MR) is 85.2 cm³/mol. The standard InChI is InChI=1S/C16H17ClN4O/c1-3-9-20(4-2)16(22)14-11-19-21(15(14)10-18)13-7-5-12(17)6-8-13/h5-8,11H,3-4,9H2,1-2H3. The van der Waals surface area contributed by atoms with Crippen molar-refractivity contribution in [1.82, 2.24) is 14.7 Å². The molecule has 5 nitrogen and oxygen atoms in total. The molecular weight excluding hydrogens is 300 g/mol. The first kappa shape index (κ1) is 16.1. The van der Waals surface area contributed by atoms with Crippen LogP contribution in [0.25, 0.3) is 5.69 Å². The van der Waals surface area contributed by atoms with Gasteiger partial charge in [-0.1, -0.05) is 18.5 Å². The van der Waals surface area contributed by atoms with E-state index in [1.54, 1.807) is 29.2 Å². The molecule has 0 atom stereocenters. The van der Waals surface area contributed by atoms with E-state index in [4.69, 9.17) is 11.6 Å². The lowest BCUT2D eigenvalue weighted by molar-refractivity contribution is 0.0764. The SMILES string of the molecule is CCCN(CC)C(=O)c1cnn(-c2ccc(Cl)cc2)c1C#N. The second-order valence-corrected chi connectivity index (χ2v) is 5.23. The normalized spacial score (nSPS) is 10.3. The van der Waals surface area contributed by atoms with Gasteiger partial charge in [-0.15, -0.1) is 0 Å². The molecule has 1 aromatic carbocycles. The first-order valence-electron chi connectivity index (χ1n) is 7.15. The van der Waals surface area contributed by atoms with Crippen LogP contribution in [0.2, 0.25) is 5.02 Å². The summed E-state index contributed by atoms with van der Waals surface area (Å²) in [6, 6.07) is 9.03. The Kier molecular flexibility index (Phi) is 5.18. The van der Waals surface area contributed by atoms with Gasteiger partial charge >= 0.3 is 0 Å². The number of carbonyl (C=O) groups is 1. The highest BCUT2D eigenvalue weighted by molar-refractivity contribution is 6.30. The molecule has 22 heavy (non-hydrogen) atoms. The molecule has 0 aliphatic heterocycles. The number of nitriles is 1. The van der Waals surface area contributed by atoms with Gasteiger partial charge in [0, 0.05) is 18.1 Å². The molecule has 0 fully saturated rings. The number of amides is 1. The molecule has 0 saturated carbocycles. The van der Waals surface area contributed by atoms with Gasteiger partial charge in [0.15, 0.2) is 5.69 Å². The third-order valence-corrected chi connectivity index (χ3v) is 3.59. The topological polar surface area (TPSA) is 61.9 Å². The first-order chi connectivity index (χ1) is 10.6. The zero-order valence-corrected chi connectivity index (χ0v) is 13.3. The summed E-state index contributed by atoms with van der Waals surface area (Å²) in [4.78, 5) is 14.3. The quantitative estimate of drug-likeness (QED) is 0.850. The van der Waals surface area contributed by atoms with Crippen LogP contribution in [0.1, 0.15) is 36.3 Å². The highest BCUT2D eigenvalue weighted by atomic mass is 35.5. The molecule has 0 unspecified atom stereocenters. The Morgan fingerprint density at radius 1 is 1.36 bits per heavy atom. The van der Waals surface area contributed by atoms with E-state index in [1.165, 1.54) is 10.9 Å². The molecule has 0 saturated heterocycles. The average Bonchev–Trinajstić information content (AvgIpc) is 2.96. The molecule has 2 rings (SSSR count). The van der Waals surface area contributed by atoms with Gasteiger partial charge in [0.2, 0.25) is 0 Å². The summed E-state index contributed by atoms with van der Waals surface area (Å²) >= 11 is 5.87. The summed E-state index contributed by atoms with van der Waals surface area (Å²) in [6.07, 6.45) is 2.32. The molecular formula is C16H17ClN4O. The van der Waals surface area contributed by atoms with Gasteiger partial charge in [-0.3, -0.25) is 4.79 Å². The lowest BCUT2D eigenvalue weighted by Gasteiger charge is -2.19. The number of hydrogen-bond acceptors (Lipinski definition) is 3. The fourth-order valence-corrected chi connectivity index (χ4v) is 2.36. The highest BCUT2D eigenvalue weighted by Crippen LogP contribution is 2.18. The van der Waals surface area contributed by atoms with E-state index in [0.717, 1.165) is 6.42 Å². The number of carbonyl (C=O) groups excluding carboxylic acids is 1. The summed E-state index contributed by atoms with van der Waals surface area (Å²) < 4.78 is 1.46. The first-order valence-corrected chi connectivity index (χ1v) is 7.53. The predicted octanol–water partition coefficient (Wildman–Crippen LogP) is 3.27. The van der Waals surface area contributed by atoms with E-state index >= 15 is 0 Å². The number of aromatic nitrogens is 2. The van der Waals surface area contributed by atoms with Gasteiger partial charge in [-0.05, 0) is 37.6 Å². The van der Waals surface area contributed by atoms with E-state index in [2.05, 4.69) is 11.2 Å². The molecule has 6 heteroatoms. The van der Waals surface area contributed by atoms with Crippen molar-refractivity contribution in [3.63, 3.8) is 0 Å². The maximum atomic E-state index is 12.5. The van der Waals surface area contributed by atoms with Crippen LogP contribution >= 0.6 is 11.6 Å². The maximum Gasteiger partial charge on any atom is 0.258 e. The van der Waals surface area contributed by atoms with Crippen LogP contribution in [0.4, 0.5) is 0 Å². The Balaban J connectivity index is 2.42. The minimum absolute atomic E-state index is 0.166. The van der Waals surface area contributed by atoms with Crippen LogP contribution in [-0.2, 0) is 0 Å². The summed E-state index contributed by atoms with van der Waals surface area (Å²) in [7, 11) is 0. The lowest BCUT2D eigenvalue weighted by atomic mass is 10.2. The summed E-state index contributed by atoms with van der Waals surface area (Å²) in [5.41, 5.74) is 1.26. The molecule has 0 radical (unpaired) electrons. The minimum Gasteiger partial charge on any atom is -0.339 e. The van der Waals surface area contributed by atoms with Crippen LogP contribution < -0.4 is 0 Å². The Hall–Kier alpha value is -2.32. The largest absolute Gasteiger partial charge is 0.339 e. The number of rotatable bonds is 5. The van der Waals surface area contributed by atoms with Gasteiger partial charge in [-0.25, -0.2) is 4.68 Å². The monoisotopic (exact) mass is 316 g/mol. The van der Waals surface area contributed by atoms with Crippen molar-refractivity contribution in [3.8, 4) is 11.8 Å². The van der Waals surface area contributed by atoms with E-state index in [-0.39, 0.29) is 11.6 Å². The van der Waals surface area contributed by atoms with Crippen LogP contribution in [0.15, 0.2) is 30.5 Å². The second-order valence-electron chi connectivity index (χ2n) is 4.79. The van der Waals surface area contributed by atoms with E-state index in [9.17, 15) is 10.1 Å². The number of benzene rings is 1. The fourth-order valence-electron chi connectivity index (χ4n) is 2.23. The van der Waals surface area contributed by atoms with Crippen LogP contribution in [0.3, 0.4) is 0 Å². The van der Waals surface area contributed by atoms with Crippen molar-refractivity contribution in [2.45, 2.75) is 20.3 Å². The number of hydrogen-bond donors (Lipinski definition) is 0. The zero-order chi connectivity index (χ0) is 16.1. The summed E-state index contributed by atoms with van der Waals surface area (Å²) in [5, 5.41) is 14.2. The maximum absolute atomic E-state index is 12.5. The van der Waals surface area contributed by atoms with E-state index in [1.807, 2.05) is 13.8 Å². The molecule has 0 spiro atoms. The lowest BCUT2D eigenvalue weighted by Crippen LogP contribution is -2.31. The average molecular weight is 317 g/mol. The molecule has 1 amide bonds. The minimum atomic E-state index is -0.166. The Labute approximate surface area is 134 Å². The smallest absolute Gasteiger partial charge is 0.258 e. The molecule has 1 heterocycles. The van der Waals surface area contributed by atoms with Gasteiger partial charge in [-0.2, -0.15) is 10.4 Å². The van der Waals surface area contributed by atoms with Crippen LogP contribution in [0.5, 0.6) is 0 Å². The molecule has 114 valence electrons. The van der Waals surface area contributed by atoms with Crippen molar-refractivity contribution >= 4 is 17.5 Å². The molecule has 0 bridgehead atoms. The van der Waals surface area contributed by atoms with Crippen molar-refractivity contribution in [1.29, 1.82) is 5.26 Å². The van der Waals surface area contributed by atoms with E-state index < -0.39 is 0 Å². The van der Waals surface area contributed by atoms with Gasteiger partial charge in [0.05, 0.1) is 17.4 Å². The third-order valence-electron chi connectivity index (χ3n) is 3.34.